The van der Waals surface area contributed by atoms with E-state index in [2.05, 4.69) is 9.71 Å². The zero-order chi connectivity index (χ0) is 21.7. The summed E-state index contributed by atoms with van der Waals surface area (Å²) in [4.78, 5) is 4.26. The van der Waals surface area contributed by atoms with E-state index in [9.17, 15) is 12.8 Å². The first-order chi connectivity index (χ1) is 14.4. The van der Waals surface area contributed by atoms with Crippen LogP contribution in [0.4, 0.5) is 4.39 Å². The van der Waals surface area contributed by atoms with Crippen molar-refractivity contribution in [1.29, 1.82) is 0 Å². The number of sulfonamides is 1. The van der Waals surface area contributed by atoms with Gasteiger partial charge in [0.15, 0.2) is 11.5 Å². The van der Waals surface area contributed by atoms with Crippen LogP contribution in [0.5, 0.6) is 11.5 Å². The van der Waals surface area contributed by atoms with Gasteiger partial charge < -0.3 is 14.0 Å². The van der Waals surface area contributed by atoms with E-state index in [4.69, 9.17) is 9.47 Å². The lowest BCUT2D eigenvalue weighted by molar-refractivity contribution is 0.287. The minimum atomic E-state index is -4.00. The van der Waals surface area contributed by atoms with Crippen LogP contribution in [-0.2, 0) is 17.1 Å². The maximum absolute atomic E-state index is 13.8. The largest absolute Gasteiger partial charge is 0.490 e. The van der Waals surface area contributed by atoms with Crippen molar-refractivity contribution < 1.29 is 22.3 Å². The predicted octanol–water partition coefficient (Wildman–Crippen LogP) is 3.42. The summed E-state index contributed by atoms with van der Waals surface area (Å²) in [5, 5.41) is 0. The molecule has 1 aromatic heterocycles. The van der Waals surface area contributed by atoms with Gasteiger partial charge in [-0.1, -0.05) is 12.1 Å². The van der Waals surface area contributed by atoms with Gasteiger partial charge in [-0.3, -0.25) is 0 Å². The SMILES string of the molecule is CCOc1ccc(S(=O)(=O)N[C@H](c2cccc(F)c2)c2nccn2C)cc1OCC. The minimum absolute atomic E-state index is 0.00464. The lowest BCUT2D eigenvalue weighted by Crippen LogP contribution is -2.31. The van der Waals surface area contributed by atoms with Crippen molar-refractivity contribution in [1.82, 2.24) is 14.3 Å². The van der Waals surface area contributed by atoms with Gasteiger partial charge in [0.25, 0.3) is 0 Å². The standard InChI is InChI=1S/C21H24FN3O4S/c1-4-28-18-10-9-17(14-19(18)29-5-2)30(26,27)24-20(21-23-11-12-25(21)3)15-7-6-8-16(22)13-15/h6-14,20,24H,4-5H2,1-3H3/t20-/m1/s1. The highest BCUT2D eigenvalue weighted by Crippen LogP contribution is 2.31. The predicted molar refractivity (Wildman–Crippen MR) is 111 cm³/mol. The second-order valence-electron chi connectivity index (χ2n) is 6.48. The molecule has 160 valence electrons. The Bertz CT molecular complexity index is 1110. The Kier molecular flexibility index (Phi) is 6.73. The average molecular weight is 434 g/mol. The number of benzene rings is 2. The van der Waals surface area contributed by atoms with Crippen LogP contribution in [0.25, 0.3) is 0 Å². The molecule has 0 radical (unpaired) electrons. The third kappa shape index (κ3) is 4.80. The summed E-state index contributed by atoms with van der Waals surface area (Å²) in [6.07, 6.45) is 3.25. The molecule has 0 saturated carbocycles. The second-order valence-corrected chi connectivity index (χ2v) is 8.19. The molecule has 0 saturated heterocycles. The highest BCUT2D eigenvalue weighted by Gasteiger charge is 2.27. The smallest absolute Gasteiger partial charge is 0.241 e. The number of rotatable bonds is 9. The Balaban J connectivity index is 2.01. The van der Waals surface area contributed by atoms with E-state index in [1.165, 1.54) is 30.3 Å². The van der Waals surface area contributed by atoms with E-state index < -0.39 is 21.9 Å². The molecule has 0 fully saturated rings. The number of hydrogen-bond acceptors (Lipinski definition) is 5. The van der Waals surface area contributed by atoms with Gasteiger partial charge in [0, 0.05) is 25.5 Å². The Morgan fingerprint density at radius 2 is 1.83 bits per heavy atom. The molecule has 7 nitrogen and oxygen atoms in total. The highest BCUT2D eigenvalue weighted by atomic mass is 32.2. The van der Waals surface area contributed by atoms with Crippen LogP contribution in [0, 0.1) is 5.82 Å². The molecule has 1 N–H and O–H groups in total. The number of halogens is 1. The molecule has 0 unspecified atom stereocenters. The molecular formula is C21H24FN3O4S. The Hall–Kier alpha value is -2.91. The van der Waals surface area contributed by atoms with Gasteiger partial charge in [0.1, 0.15) is 17.7 Å². The van der Waals surface area contributed by atoms with Crippen molar-refractivity contribution in [3.8, 4) is 11.5 Å². The number of hydrogen-bond donors (Lipinski definition) is 1. The summed E-state index contributed by atoms with van der Waals surface area (Å²) >= 11 is 0. The zero-order valence-electron chi connectivity index (χ0n) is 17.0. The summed E-state index contributed by atoms with van der Waals surface area (Å²) in [6.45, 7) is 4.41. The minimum Gasteiger partial charge on any atom is -0.490 e. The van der Waals surface area contributed by atoms with E-state index in [-0.39, 0.29) is 4.90 Å². The summed E-state index contributed by atoms with van der Waals surface area (Å²) in [7, 11) is -2.25. The van der Waals surface area contributed by atoms with Gasteiger partial charge >= 0.3 is 0 Å². The summed E-state index contributed by atoms with van der Waals surface area (Å²) in [6, 6.07) is 9.29. The van der Waals surface area contributed by atoms with Gasteiger partial charge in [-0.15, -0.1) is 0 Å². The molecule has 0 aliphatic heterocycles. The molecule has 0 aliphatic carbocycles. The number of ether oxygens (including phenoxy) is 2. The third-order valence-corrected chi connectivity index (χ3v) is 5.82. The number of imidazole rings is 1. The molecule has 9 heteroatoms. The fraction of sp³-hybridized carbons (Fsp3) is 0.286. The summed E-state index contributed by atoms with van der Waals surface area (Å²) < 4.78 is 55.6. The topological polar surface area (TPSA) is 82.5 Å². The third-order valence-electron chi connectivity index (χ3n) is 4.40. The molecule has 30 heavy (non-hydrogen) atoms. The molecule has 0 aliphatic rings. The van der Waals surface area contributed by atoms with Crippen molar-refractivity contribution >= 4 is 10.0 Å². The molecule has 0 bridgehead atoms. The normalized spacial score (nSPS) is 12.5. The van der Waals surface area contributed by atoms with E-state index in [1.807, 2.05) is 6.92 Å². The van der Waals surface area contributed by atoms with Crippen LogP contribution in [0.15, 0.2) is 59.8 Å². The van der Waals surface area contributed by atoms with Crippen molar-refractivity contribution in [2.24, 2.45) is 7.05 Å². The first kappa shape index (κ1) is 21.8. The van der Waals surface area contributed by atoms with Crippen LogP contribution >= 0.6 is 0 Å². The molecule has 2 aromatic carbocycles. The van der Waals surface area contributed by atoms with Gasteiger partial charge in [-0.2, -0.15) is 4.72 Å². The van der Waals surface area contributed by atoms with Gasteiger partial charge in [0.05, 0.1) is 18.1 Å². The number of aromatic nitrogens is 2. The molecule has 1 heterocycles. The van der Waals surface area contributed by atoms with Crippen LogP contribution in [0.3, 0.4) is 0 Å². The summed E-state index contributed by atoms with van der Waals surface area (Å²) in [5.74, 6) is 0.761. The fourth-order valence-electron chi connectivity index (χ4n) is 3.03. The molecule has 0 spiro atoms. The molecule has 1 atom stereocenters. The van der Waals surface area contributed by atoms with Crippen LogP contribution < -0.4 is 14.2 Å². The van der Waals surface area contributed by atoms with Crippen molar-refractivity contribution in [2.75, 3.05) is 13.2 Å². The quantitative estimate of drug-likeness (QED) is 0.559. The Morgan fingerprint density at radius 3 is 2.47 bits per heavy atom. The van der Waals surface area contributed by atoms with Gasteiger partial charge in [-0.05, 0) is 43.7 Å². The highest BCUT2D eigenvalue weighted by molar-refractivity contribution is 7.89. The van der Waals surface area contributed by atoms with E-state index in [0.29, 0.717) is 36.1 Å². The molecule has 0 amide bonds. The maximum Gasteiger partial charge on any atom is 0.241 e. The van der Waals surface area contributed by atoms with E-state index in [0.717, 1.165) is 0 Å². The average Bonchev–Trinajstić information content (AvgIpc) is 3.13. The Labute approximate surface area is 175 Å². The lowest BCUT2D eigenvalue weighted by atomic mass is 10.1. The van der Waals surface area contributed by atoms with Gasteiger partial charge in [-0.25, -0.2) is 17.8 Å². The first-order valence-corrected chi connectivity index (χ1v) is 11.0. The van der Waals surface area contributed by atoms with Crippen molar-refractivity contribution in [3.05, 3.63) is 72.1 Å². The van der Waals surface area contributed by atoms with Crippen LogP contribution in [0.1, 0.15) is 31.3 Å². The van der Waals surface area contributed by atoms with Crippen LogP contribution in [-0.4, -0.2) is 31.2 Å². The monoisotopic (exact) mass is 433 g/mol. The van der Waals surface area contributed by atoms with Crippen molar-refractivity contribution in [3.63, 3.8) is 0 Å². The lowest BCUT2D eigenvalue weighted by Gasteiger charge is -2.20. The van der Waals surface area contributed by atoms with Crippen molar-refractivity contribution in [2.45, 2.75) is 24.8 Å². The van der Waals surface area contributed by atoms with Gasteiger partial charge in [0.2, 0.25) is 10.0 Å². The number of nitrogens with one attached hydrogen (secondary N) is 1. The Morgan fingerprint density at radius 1 is 1.10 bits per heavy atom. The van der Waals surface area contributed by atoms with E-state index in [1.54, 1.807) is 43.1 Å². The molecule has 3 rings (SSSR count). The second kappa shape index (κ2) is 9.27. The van der Waals surface area contributed by atoms with Crippen LogP contribution in [0.2, 0.25) is 0 Å². The maximum atomic E-state index is 13.8. The van der Waals surface area contributed by atoms with E-state index >= 15 is 0 Å². The number of nitrogens with zero attached hydrogens (tertiary/aromatic N) is 2. The first-order valence-electron chi connectivity index (χ1n) is 9.50. The number of aryl methyl sites for hydroxylation is 1. The molecular weight excluding hydrogens is 409 g/mol. The molecule has 3 aromatic rings. The summed E-state index contributed by atoms with van der Waals surface area (Å²) in [5.41, 5.74) is 0.434. The zero-order valence-corrected chi connectivity index (χ0v) is 17.8. The fourth-order valence-corrected chi connectivity index (χ4v) is 4.23.